The van der Waals surface area contributed by atoms with E-state index >= 15 is 0 Å². The van der Waals surface area contributed by atoms with Crippen LogP contribution in [0.5, 0.6) is 11.5 Å². The van der Waals surface area contributed by atoms with Gasteiger partial charge in [-0.05, 0) is 72.6 Å². The molecule has 0 fully saturated rings. The summed E-state index contributed by atoms with van der Waals surface area (Å²) >= 11 is 0. The molecule has 2 heterocycles. The normalized spacial score (nSPS) is 17.5. The first kappa shape index (κ1) is 20.8. The van der Waals surface area contributed by atoms with Crippen LogP contribution < -0.4 is 9.47 Å². The van der Waals surface area contributed by atoms with Crippen LogP contribution in [0.4, 0.5) is 13.2 Å². The fraction of sp³-hybridized carbons (Fsp3) is 0.440. The molecule has 2 nitrogen and oxygen atoms in total. The summed E-state index contributed by atoms with van der Waals surface area (Å²) < 4.78 is 53.3. The number of benzene rings is 2. The zero-order valence-corrected chi connectivity index (χ0v) is 17.3. The van der Waals surface area contributed by atoms with Crippen molar-refractivity contribution in [3.8, 4) is 11.5 Å². The van der Waals surface area contributed by atoms with Crippen LogP contribution in [0.1, 0.15) is 55.7 Å². The summed E-state index contributed by atoms with van der Waals surface area (Å²) in [5, 5.41) is 0. The van der Waals surface area contributed by atoms with Crippen LogP contribution in [0.3, 0.4) is 0 Å². The predicted molar refractivity (Wildman–Crippen MR) is 111 cm³/mol. The van der Waals surface area contributed by atoms with E-state index in [1.807, 2.05) is 6.07 Å². The van der Waals surface area contributed by atoms with Crippen LogP contribution in [0.2, 0.25) is 0 Å². The van der Waals surface area contributed by atoms with E-state index in [2.05, 4.69) is 6.92 Å². The number of rotatable bonds is 7. The van der Waals surface area contributed by atoms with Gasteiger partial charge < -0.3 is 9.47 Å². The molecule has 0 spiro atoms. The van der Waals surface area contributed by atoms with Gasteiger partial charge in [-0.2, -0.15) is 0 Å². The number of halogens is 3. The molecular formula is C25H27F3O2. The van der Waals surface area contributed by atoms with Gasteiger partial charge in [0.25, 0.3) is 0 Å². The number of hydrogen-bond donors (Lipinski definition) is 0. The van der Waals surface area contributed by atoms with Gasteiger partial charge in [-0.25, -0.2) is 13.2 Å². The SMILES string of the molecule is CCCCCC1COc2cc(CCC3=Cc4cc(F)cc(F)c4OC3)c(F)cc2C1. The van der Waals surface area contributed by atoms with Crippen molar-refractivity contribution in [1.82, 2.24) is 0 Å². The minimum atomic E-state index is -0.703. The maximum atomic E-state index is 14.7. The van der Waals surface area contributed by atoms with Crippen molar-refractivity contribution >= 4 is 6.08 Å². The summed E-state index contributed by atoms with van der Waals surface area (Å²) in [6.07, 6.45) is 8.35. The molecule has 2 aromatic carbocycles. The number of unbranched alkanes of at least 4 members (excludes halogenated alkanes) is 2. The number of hydrogen-bond acceptors (Lipinski definition) is 2. The first-order valence-electron chi connectivity index (χ1n) is 10.8. The third-order valence-electron chi connectivity index (χ3n) is 5.94. The number of ether oxygens (including phenoxy) is 2. The van der Waals surface area contributed by atoms with Crippen molar-refractivity contribution in [1.29, 1.82) is 0 Å². The average molecular weight is 416 g/mol. The number of aryl methyl sites for hydroxylation is 1. The van der Waals surface area contributed by atoms with E-state index in [1.54, 1.807) is 12.1 Å². The summed E-state index contributed by atoms with van der Waals surface area (Å²) in [4.78, 5) is 0. The molecule has 0 amide bonds. The molecule has 1 atom stereocenters. The van der Waals surface area contributed by atoms with Gasteiger partial charge in [-0.1, -0.05) is 26.2 Å². The summed E-state index contributed by atoms with van der Waals surface area (Å²) in [5.41, 5.74) is 2.80. The Morgan fingerprint density at radius 1 is 0.967 bits per heavy atom. The number of fused-ring (bicyclic) bond motifs is 2. The average Bonchev–Trinajstić information content (AvgIpc) is 2.72. The highest BCUT2D eigenvalue weighted by Crippen LogP contribution is 2.34. The Kier molecular flexibility index (Phi) is 6.35. The molecule has 4 rings (SSSR count). The van der Waals surface area contributed by atoms with E-state index in [9.17, 15) is 13.2 Å². The van der Waals surface area contributed by atoms with Gasteiger partial charge in [0.15, 0.2) is 11.6 Å². The Balaban J connectivity index is 1.42. The van der Waals surface area contributed by atoms with Crippen LogP contribution in [-0.4, -0.2) is 13.2 Å². The van der Waals surface area contributed by atoms with Crippen molar-refractivity contribution in [3.63, 3.8) is 0 Å². The Labute approximate surface area is 175 Å². The molecule has 0 bridgehead atoms. The minimum absolute atomic E-state index is 0.0713. The molecule has 1 unspecified atom stereocenters. The third-order valence-corrected chi connectivity index (χ3v) is 5.94. The Bertz CT molecular complexity index is 952. The van der Waals surface area contributed by atoms with Crippen LogP contribution >= 0.6 is 0 Å². The molecule has 160 valence electrons. The van der Waals surface area contributed by atoms with Gasteiger partial charge >= 0.3 is 0 Å². The third kappa shape index (κ3) is 4.66. The van der Waals surface area contributed by atoms with Crippen LogP contribution in [-0.2, 0) is 12.8 Å². The van der Waals surface area contributed by atoms with Crippen LogP contribution in [0.25, 0.3) is 6.08 Å². The molecule has 0 saturated heterocycles. The highest BCUT2D eigenvalue weighted by Gasteiger charge is 2.22. The summed E-state index contributed by atoms with van der Waals surface area (Å²) in [5.74, 6) is -0.256. The first-order valence-corrected chi connectivity index (χ1v) is 10.8. The van der Waals surface area contributed by atoms with Crippen molar-refractivity contribution in [2.24, 2.45) is 5.92 Å². The Morgan fingerprint density at radius 3 is 2.67 bits per heavy atom. The molecule has 0 saturated carbocycles. The lowest BCUT2D eigenvalue weighted by Gasteiger charge is -2.26. The molecular weight excluding hydrogens is 389 g/mol. The van der Waals surface area contributed by atoms with Crippen molar-refractivity contribution in [2.45, 2.75) is 51.9 Å². The second kappa shape index (κ2) is 9.15. The van der Waals surface area contributed by atoms with Crippen molar-refractivity contribution in [3.05, 3.63) is 64.0 Å². The Morgan fingerprint density at radius 2 is 1.83 bits per heavy atom. The molecule has 2 aliphatic rings. The maximum Gasteiger partial charge on any atom is 0.168 e. The van der Waals surface area contributed by atoms with Gasteiger partial charge in [0.2, 0.25) is 0 Å². The summed E-state index contributed by atoms with van der Waals surface area (Å²) in [6, 6.07) is 5.49. The van der Waals surface area contributed by atoms with Gasteiger partial charge in [0, 0.05) is 11.6 Å². The van der Waals surface area contributed by atoms with E-state index in [0.717, 1.165) is 35.8 Å². The van der Waals surface area contributed by atoms with Crippen molar-refractivity contribution in [2.75, 3.05) is 13.2 Å². The van der Waals surface area contributed by atoms with E-state index in [0.29, 0.717) is 36.5 Å². The largest absolute Gasteiger partial charge is 0.493 e. The van der Waals surface area contributed by atoms with Gasteiger partial charge in [0.05, 0.1) is 6.61 Å². The molecule has 0 aromatic heterocycles. The summed E-state index contributed by atoms with van der Waals surface area (Å²) in [6.45, 7) is 3.10. The smallest absolute Gasteiger partial charge is 0.168 e. The molecule has 0 aliphatic carbocycles. The first-order chi connectivity index (χ1) is 14.5. The van der Waals surface area contributed by atoms with E-state index in [1.165, 1.54) is 25.3 Å². The molecule has 0 radical (unpaired) electrons. The van der Waals surface area contributed by atoms with E-state index in [4.69, 9.17) is 9.47 Å². The lowest BCUT2D eigenvalue weighted by molar-refractivity contribution is 0.210. The quantitative estimate of drug-likeness (QED) is 0.471. The van der Waals surface area contributed by atoms with Crippen LogP contribution in [0.15, 0.2) is 29.8 Å². The van der Waals surface area contributed by atoms with Crippen LogP contribution in [0, 0.1) is 23.4 Å². The molecule has 2 aromatic rings. The lowest BCUT2D eigenvalue weighted by Crippen LogP contribution is -2.21. The maximum absolute atomic E-state index is 14.7. The second-order valence-electron chi connectivity index (χ2n) is 8.33. The zero-order valence-electron chi connectivity index (χ0n) is 17.3. The van der Waals surface area contributed by atoms with Gasteiger partial charge in [0.1, 0.15) is 24.0 Å². The zero-order chi connectivity index (χ0) is 21.1. The highest BCUT2D eigenvalue weighted by atomic mass is 19.1. The predicted octanol–water partition coefficient (Wildman–Crippen LogP) is 6.64. The topological polar surface area (TPSA) is 18.5 Å². The standard InChI is InChI=1S/C25H27F3O2/c1-2-3-4-5-16-8-19-11-22(27)18(12-24(19)29-14-16)7-6-17-9-20-10-21(26)13-23(28)25(20)30-15-17/h9-13,16H,2-8,14-15H2,1H3. The van der Waals surface area contributed by atoms with Crippen molar-refractivity contribution < 1.29 is 22.6 Å². The minimum Gasteiger partial charge on any atom is -0.493 e. The molecule has 30 heavy (non-hydrogen) atoms. The van der Waals surface area contributed by atoms with E-state index < -0.39 is 11.6 Å². The molecule has 0 N–H and O–H groups in total. The Hall–Kier alpha value is -2.43. The van der Waals surface area contributed by atoms with Gasteiger partial charge in [-0.15, -0.1) is 0 Å². The highest BCUT2D eigenvalue weighted by molar-refractivity contribution is 5.62. The summed E-state index contributed by atoms with van der Waals surface area (Å²) in [7, 11) is 0. The molecule has 5 heteroatoms. The fourth-order valence-corrected chi connectivity index (χ4v) is 4.27. The monoisotopic (exact) mass is 416 g/mol. The molecule has 2 aliphatic heterocycles. The van der Waals surface area contributed by atoms with Gasteiger partial charge in [-0.3, -0.25) is 0 Å². The lowest BCUT2D eigenvalue weighted by atomic mass is 9.90. The fourth-order valence-electron chi connectivity index (χ4n) is 4.27. The second-order valence-corrected chi connectivity index (χ2v) is 8.33. The van der Waals surface area contributed by atoms with E-state index in [-0.39, 0.29) is 18.2 Å².